The highest BCUT2D eigenvalue weighted by Gasteiger charge is 2.41. The lowest BCUT2D eigenvalue weighted by molar-refractivity contribution is -0.118. The molecule has 1 heterocycles. The monoisotopic (exact) mass is 752 g/mol. The summed E-state index contributed by atoms with van der Waals surface area (Å²) in [6.45, 7) is 3.95. The SMILES string of the molecule is COc1cc(CO)cc(I)c1O[C@H]1C=C(C(=O)NCCO)C[C@@H](N(CCCOC(C)C)C(=O)c2cc3cccc(OC)c3o2)[C@@H]1O. The molecule has 0 saturated carbocycles. The molecule has 0 saturated heterocycles. The molecule has 0 aliphatic heterocycles. The molecule has 4 rings (SSSR count). The lowest BCUT2D eigenvalue weighted by Crippen LogP contribution is -2.55. The summed E-state index contributed by atoms with van der Waals surface area (Å²) in [5.74, 6) is 0.221. The molecular formula is C33H41IN2O10. The molecule has 0 unspecified atom stereocenters. The van der Waals surface area contributed by atoms with Crippen molar-refractivity contribution in [2.24, 2.45) is 0 Å². The van der Waals surface area contributed by atoms with E-state index in [0.29, 0.717) is 50.4 Å². The molecule has 2 aromatic carbocycles. The Morgan fingerprint density at radius 2 is 1.89 bits per heavy atom. The summed E-state index contributed by atoms with van der Waals surface area (Å²) in [5.41, 5.74) is 1.30. The molecule has 2 amide bonds. The van der Waals surface area contributed by atoms with Crippen LogP contribution in [0, 0.1) is 3.57 Å². The van der Waals surface area contributed by atoms with Crippen LogP contribution in [0.5, 0.6) is 17.2 Å². The molecule has 46 heavy (non-hydrogen) atoms. The first kappa shape index (κ1) is 35.5. The number of hydrogen-bond donors (Lipinski definition) is 4. The fourth-order valence-electron chi connectivity index (χ4n) is 5.31. The summed E-state index contributed by atoms with van der Waals surface area (Å²) in [7, 11) is 2.98. The van der Waals surface area contributed by atoms with Crippen molar-refractivity contribution in [1.82, 2.24) is 10.2 Å². The zero-order chi connectivity index (χ0) is 33.4. The van der Waals surface area contributed by atoms with Gasteiger partial charge in [-0.25, -0.2) is 0 Å². The molecule has 3 aromatic rings. The maximum absolute atomic E-state index is 14.2. The van der Waals surface area contributed by atoms with Crippen LogP contribution in [0.1, 0.15) is 42.8 Å². The fraction of sp³-hybridized carbons (Fsp3) is 0.455. The van der Waals surface area contributed by atoms with Crippen LogP contribution in [0.3, 0.4) is 0 Å². The van der Waals surface area contributed by atoms with Gasteiger partial charge in [-0.05, 0) is 78.8 Å². The predicted octanol–water partition coefficient (Wildman–Crippen LogP) is 3.42. The van der Waals surface area contributed by atoms with Crippen LogP contribution in [-0.4, -0.2) is 96.9 Å². The maximum atomic E-state index is 14.2. The third-order valence-electron chi connectivity index (χ3n) is 7.53. The van der Waals surface area contributed by atoms with Gasteiger partial charge in [-0.1, -0.05) is 12.1 Å². The van der Waals surface area contributed by atoms with Gasteiger partial charge >= 0.3 is 0 Å². The van der Waals surface area contributed by atoms with Crippen LogP contribution in [0.2, 0.25) is 0 Å². The molecule has 0 fully saturated rings. The summed E-state index contributed by atoms with van der Waals surface area (Å²) in [6, 6.07) is 9.41. The number of rotatable bonds is 15. The van der Waals surface area contributed by atoms with Crippen LogP contribution >= 0.6 is 22.6 Å². The van der Waals surface area contributed by atoms with E-state index >= 15 is 0 Å². The number of halogens is 1. The Morgan fingerprint density at radius 3 is 2.57 bits per heavy atom. The van der Waals surface area contributed by atoms with Crippen molar-refractivity contribution in [3.05, 3.63) is 62.9 Å². The number of fused-ring (bicyclic) bond motifs is 1. The minimum atomic E-state index is -1.28. The predicted molar refractivity (Wildman–Crippen MR) is 178 cm³/mol. The number of ether oxygens (including phenoxy) is 4. The van der Waals surface area contributed by atoms with Crippen molar-refractivity contribution in [2.75, 3.05) is 40.5 Å². The topological polar surface area (TPSA) is 160 Å². The maximum Gasteiger partial charge on any atom is 0.289 e. The highest BCUT2D eigenvalue weighted by Crippen LogP contribution is 2.38. The molecular weight excluding hydrogens is 711 g/mol. The van der Waals surface area contributed by atoms with Crippen molar-refractivity contribution in [3.8, 4) is 17.2 Å². The number of hydrogen-bond acceptors (Lipinski definition) is 10. The first-order chi connectivity index (χ1) is 22.1. The Bertz CT molecular complexity index is 1540. The average Bonchev–Trinajstić information content (AvgIpc) is 3.50. The van der Waals surface area contributed by atoms with Gasteiger partial charge in [-0.2, -0.15) is 0 Å². The molecule has 12 nitrogen and oxygen atoms in total. The molecule has 3 atom stereocenters. The largest absolute Gasteiger partial charge is 0.493 e. The molecule has 0 radical (unpaired) electrons. The lowest BCUT2D eigenvalue weighted by Gasteiger charge is -2.40. The Kier molecular flexibility index (Phi) is 12.7. The number of methoxy groups -OCH3 is 2. The quantitative estimate of drug-likeness (QED) is 0.134. The van der Waals surface area contributed by atoms with E-state index in [0.717, 1.165) is 0 Å². The number of nitrogens with one attached hydrogen (secondary N) is 1. The summed E-state index contributed by atoms with van der Waals surface area (Å²) >= 11 is 2.05. The van der Waals surface area contributed by atoms with Crippen molar-refractivity contribution in [2.45, 2.75) is 57.6 Å². The highest BCUT2D eigenvalue weighted by atomic mass is 127. The second-order valence-electron chi connectivity index (χ2n) is 11.0. The molecule has 1 aromatic heterocycles. The van der Waals surface area contributed by atoms with Crippen LogP contribution in [0.25, 0.3) is 11.0 Å². The third-order valence-corrected chi connectivity index (χ3v) is 8.34. The van der Waals surface area contributed by atoms with Crippen molar-refractivity contribution < 1.29 is 48.3 Å². The van der Waals surface area contributed by atoms with Gasteiger partial charge in [0, 0.05) is 37.1 Å². The summed E-state index contributed by atoms with van der Waals surface area (Å²) < 4.78 is 29.6. The average molecular weight is 753 g/mol. The van der Waals surface area contributed by atoms with Gasteiger partial charge in [0.25, 0.3) is 5.91 Å². The number of para-hydroxylation sites is 1. The first-order valence-corrected chi connectivity index (χ1v) is 16.1. The number of aliphatic hydroxyl groups is 3. The zero-order valence-corrected chi connectivity index (χ0v) is 28.5. The molecule has 4 N–H and O–H groups in total. The van der Waals surface area contributed by atoms with Gasteiger partial charge in [0.15, 0.2) is 28.6 Å². The first-order valence-electron chi connectivity index (χ1n) is 15.0. The standard InChI is InChI=1S/C33H41IN2O10/c1-19(2)44-12-6-10-36(33(41)28-16-21-7-5-8-25(42-3)30(21)46-28)24-15-22(32(40)35-9-11-37)17-26(29(24)39)45-31-23(34)13-20(18-38)14-27(31)43-4/h5,7-8,13-14,16-17,19,24,26,29,37-39H,6,9-12,15,18H2,1-4H3,(H,35,40)/t24-,26+,29+/m1/s1. The number of furan rings is 1. The fourth-order valence-corrected chi connectivity index (χ4v) is 6.10. The molecule has 1 aliphatic carbocycles. The van der Waals surface area contributed by atoms with Crippen LogP contribution in [-0.2, 0) is 16.1 Å². The Morgan fingerprint density at radius 1 is 1.13 bits per heavy atom. The summed E-state index contributed by atoms with van der Waals surface area (Å²) in [6.07, 6.45) is -0.373. The van der Waals surface area contributed by atoms with Gasteiger partial charge in [0.2, 0.25) is 5.91 Å². The van der Waals surface area contributed by atoms with Crippen molar-refractivity contribution >= 4 is 45.4 Å². The van der Waals surface area contributed by atoms with E-state index in [1.807, 2.05) is 42.5 Å². The molecule has 13 heteroatoms. The third kappa shape index (κ3) is 8.31. The summed E-state index contributed by atoms with van der Waals surface area (Å²) in [4.78, 5) is 29.0. The number of carbonyl (C=O) groups excluding carboxylic acids is 2. The van der Waals surface area contributed by atoms with E-state index in [1.165, 1.54) is 25.2 Å². The Balaban J connectivity index is 1.74. The lowest BCUT2D eigenvalue weighted by atomic mass is 9.88. The second-order valence-corrected chi connectivity index (χ2v) is 12.2. The minimum absolute atomic E-state index is 0.00975. The van der Waals surface area contributed by atoms with E-state index in [4.69, 9.17) is 23.4 Å². The van der Waals surface area contributed by atoms with Gasteiger partial charge < -0.3 is 48.9 Å². The van der Waals surface area contributed by atoms with Crippen molar-refractivity contribution in [3.63, 3.8) is 0 Å². The zero-order valence-electron chi connectivity index (χ0n) is 26.3. The van der Waals surface area contributed by atoms with Gasteiger partial charge in [0.05, 0.1) is 43.1 Å². The highest BCUT2D eigenvalue weighted by molar-refractivity contribution is 14.1. The molecule has 0 spiro atoms. The molecule has 0 bridgehead atoms. The number of amides is 2. The van der Waals surface area contributed by atoms with E-state index < -0.39 is 30.1 Å². The van der Waals surface area contributed by atoms with Crippen molar-refractivity contribution in [1.29, 1.82) is 0 Å². The van der Waals surface area contributed by atoms with Gasteiger partial charge in [-0.3, -0.25) is 9.59 Å². The van der Waals surface area contributed by atoms with E-state index in [-0.39, 0.29) is 50.2 Å². The van der Waals surface area contributed by atoms with Crippen LogP contribution < -0.4 is 19.5 Å². The van der Waals surface area contributed by atoms with E-state index in [9.17, 15) is 24.9 Å². The van der Waals surface area contributed by atoms with Gasteiger partial charge in [-0.15, -0.1) is 0 Å². The van der Waals surface area contributed by atoms with Gasteiger partial charge in [0.1, 0.15) is 12.2 Å². The minimum Gasteiger partial charge on any atom is -0.493 e. The number of benzene rings is 2. The molecule has 250 valence electrons. The smallest absolute Gasteiger partial charge is 0.289 e. The van der Waals surface area contributed by atoms with Crippen LogP contribution in [0.4, 0.5) is 0 Å². The van der Waals surface area contributed by atoms with E-state index in [2.05, 4.69) is 5.32 Å². The summed E-state index contributed by atoms with van der Waals surface area (Å²) in [5, 5.41) is 34.2. The number of nitrogens with zero attached hydrogens (tertiary/aromatic N) is 1. The number of aliphatic hydroxyl groups excluding tert-OH is 3. The Hall–Kier alpha value is -3.37. The second kappa shape index (κ2) is 16.5. The Labute approximate surface area is 281 Å². The van der Waals surface area contributed by atoms with E-state index in [1.54, 1.807) is 30.3 Å². The number of carbonyl (C=O) groups is 2. The normalized spacial score (nSPS) is 17.9. The van der Waals surface area contributed by atoms with Crippen LogP contribution in [0.15, 0.2) is 52.5 Å². The molecule has 1 aliphatic rings.